The van der Waals surface area contributed by atoms with Crippen LogP contribution >= 0.6 is 35.0 Å². The number of hydrogen-bond acceptors (Lipinski definition) is 6. The normalized spacial score (nSPS) is 10.6. The van der Waals surface area contributed by atoms with Gasteiger partial charge in [-0.1, -0.05) is 23.2 Å². The number of amides is 2. The highest BCUT2D eigenvalue weighted by Crippen LogP contribution is 2.36. The summed E-state index contributed by atoms with van der Waals surface area (Å²) in [5, 5.41) is 10.1. The van der Waals surface area contributed by atoms with Crippen molar-refractivity contribution in [2.24, 2.45) is 11.5 Å². The topological polar surface area (TPSA) is 158 Å². The number of halogens is 2. The van der Waals surface area contributed by atoms with E-state index >= 15 is 0 Å². The maximum atomic E-state index is 12.1. The maximum absolute atomic E-state index is 12.1. The summed E-state index contributed by atoms with van der Waals surface area (Å²) < 4.78 is 26.5. The van der Waals surface area contributed by atoms with Gasteiger partial charge in [0.05, 0.1) is 9.95 Å². The van der Waals surface area contributed by atoms with Crippen LogP contribution in [0.1, 0.15) is 6.42 Å². The zero-order valence-corrected chi connectivity index (χ0v) is 15.6. The summed E-state index contributed by atoms with van der Waals surface area (Å²) >= 11 is 13.2. The first-order valence-corrected chi connectivity index (χ1v) is 9.83. The van der Waals surface area contributed by atoms with Gasteiger partial charge in [0.25, 0.3) is 5.69 Å². The predicted octanol–water partition coefficient (Wildman–Crippen LogP) is 1.96. The van der Waals surface area contributed by atoms with Crippen LogP contribution in [0.15, 0.2) is 17.0 Å². The number of sulfonamides is 1. The van der Waals surface area contributed by atoms with Gasteiger partial charge < -0.3 is 11.5 Å². The minimum atomic E-state index is -3.99. The molecule has 136 valence electrons. The molecule has 0 saturated heterocycles. The molecule has 5 N–H and O–H groups in total. The van der Waals surface area contributed by atoms with E-state index in [9.17, 15) is 18.5 Å². The summed E-state index contributed by atoms with van der Waals surface area (Å²) in [5.41, 5.74) is 8.00. The Hall–Kier alpha value is -1.27. The predicted molar refractivity (Wildman–Crippen MR) is 95.1 cm³/mol. The Morgan fingerprint density at radius 3 is 2.38 bits per heavy atom. The second-order valence-corrected chi connectivity index (χ2v) is 7.59. The van der Waals surface area contributed by atoms with Gasteiger partial charge in [-0.15, -0.1) is 0 Å². The maximum Gasteiger partial charge on any atom is 0.309 e. The molecule has 0 aliphatic carbocycles. The molecule has 24 heavy (non-hydrogen) atoms. The fraction of sp³-hybridized carbons (Fsp3) is 0.364. The molecule has 0 heterocycles. The van der Waals surface area contributed by atoms with Gasteiger partial charge in [0.15, 0.2) is 0 Å². The van der Waals surface area contributed by atoms with Crippen LogP contribution in [0.5, 0.6) is 0 Å². The molecule has 0 unspecified atom stereocenters. The van der Waals surface area contributed by atoms with Crippen LogP contribution in [-0.4, -0.2) is 37.9 Å². The fourth-order valence-corrected chi connectivity index (χ4v) is 4.11. The second-order valence-electron chi connectivity index (χ2n) is 4.11. The van der Waals surface area contributed by atoms with Crippen molar-refractivity contribution in [3.63, 3.8) is 0 Å². The lowest BCUT2D eigenvalue weighted by atomic mass is 10.3. The van der Waals surface area contributed by atoms with E-state index < -0.39 is 36.6 Å². The number of carbonyl (C=O) groups is 1. The highest BCUT2D eigenvalue weighted by Gasteiger charge is 2.27. The van der Waals surface area contributed by atoms with Crippen LogP contribution in [0.25, 0.3) is 0 Å². The molecular weight excluding hydrogens is 403 g/mol. The number of nitro groups is 1. The number of hydrogen-bond donors (Lipinski definition) is 3. The number of carbonyl (C=O) groups excluding carboxylic acids is 1. The summed E-state index contributed by atoms with van der Waals surface area (Å²) in [4.78, 5) is 18.6. The molecule has 0 saturated carbocycles. The smallest absolute Gasteiger partial charge is 0.309 e. The lowest BCUT2D eigenvalue weighted by Crippen LogP contribution is -2.26. The third kappa shape index (κ3) is 7.53. The van der Waals surface area contributed by atoms with Gasteiger partial charge in [-0.25, -0.2) is 17.9 Å². The first-order valence-electron chi connectivity index (χ1n) is 6.20. The van der Waals surface area contributed by atoms with Crippen molar-refractivity contribution >= 4 is 56.7 Å². The van der Waals surface area contributed by atoms with Crippen LogP contribution in [0, 0.1) is 10.1 Å². The zero-order valence-electron chi connectivity index (χ0n) is 12.5. The summed E-state index contributed by atoms with van der Waals surface area (Å²) in [6.07, 6.45) is 2.54. The lowest BCUT2D eigenvalue weighted by Gasteiger charge is -2.10. The number of nitro benzene ring substituents is 1. The number of urea groups is 1. The van der Waals surface area contributed by atoms with E-state index in [0.717, 1.165) is 17.9 Å². The number of thioether (sulfide) groups is 1. The van der Waals surface area contributed by atoms with E-state index in [0.29, 0.717) is 6.42 Å². The van der Waals surface area contributed by atoms with Gasteiger partial charge in [0, 0.05) is 12.6 Å². The average molecular weight is 419 g/mol. The quantitative estimate of drug-likeness (QED) is 0.348. The van der Waals surface area contributed by atoms with Crippen molar-refractivity contribution in [1.82, 2.24) is 4.72 Å². The van der Waals surface area contributed by atoms with E-state index in [2.05, 4.69) is 16.2 Å². The van der Waals surface area contributed by atoms with Crippen LogP contribution in [0.4, 0.5) is 10.5 Å². The van der Waals surface area contributed by atoms with Crippen molar-refractivity contribution in [1.29, 1.82) is 0 Å². The summed E-state index contributed by atoms with van der Waals surface area (Å²) in [6, 6.07) is 1.37. The van der Waals surface area contributed by atoms with Gasteiger partial charge in [-0.05, 0) is 24.5 Å². The minimum absolute atomic E-state index is 0.155. The lowest BCUT2D eigenvalue weighted by molar-refractivity contribution is -0.384. The van der Waals surface area contributed by atoms with Gasteiger partial charge in [-0.2, -0.15) is 11.8 Å². The van der Waals surface area contributed by atoms with Crippen molar-refractivity contribution in [2.45, 2.75) is 11.3 Å². The fourth-order valence-electron chi connectivity index (χ4n) is 1.40. The monoisotopic (exact) mass is 418 g/mol. The molecule has 1 aromatic rings. The Labute approximate surface area is 153 Å². The molecule has 0 aliphatic heterocycles. The number of primary amides is 2. The first-order chi connectivity index (χ1) is 11.0. The van der Waals surface area contributed by atoms with Gasteiger partial charge in [-0.3, -0.25) is 10.1 Å². The third-order valence-electron chi connectivity index (χ3n) is 2.31. The SMILES string of the molecule is CSCCCNS(=O)(=O)c1c(Cl)ccc([N+](=O)[O-])c1Cl.NC(N)=O. The van der Waals surface area contributed by atoms with Crippen LogP contribution in [-0.2, 0) is 10.0 Å². The highest BCUT2D eigenvalue weighted by atomic mass is 35.5. The van der Waals surface area contributed by atoms with E-state index in [1.165, 1.54) is 0 Å². The molecule has 0 bridgehead atoms. The summed E-state index contributed by atoms with van der Waals surface area (Å²) in [6.45, 7) is 0.207. The van der Waals surface area contributed by atoms with E-state index in [-0.39, 0.29) is 11.6 Å². The minimum Gasteiger partial charge on any atom is -0.352 e. The molecule has 1 rings (SSSR count). The van der Waals surface area contributed by atoms with Crippen molar-refractivity contribution in [2.75, 3.05) is 18.6 Å². The largest absolute Gasteiger partial charge is 0.352 e. The number of benzene rings is 1. The van der Waals surface area contributed by atoms with Crippen LogP contribution in [0.3, 0.4) is 0 Å². The molecule has 9 nitrogen and oxygen atoms in total. The van der Waals surface area contributed by atoms with E-state index in [4.69, 9.17) is 28.0 Å². The molecule has 2 amide bonds. The van der Waals surface area contributed by atoms with E-state index in [1.54, 1.807) is 11.8 Å². The van der Waals surface area contributed by atoms with Gasteiger partial charge >= 0.3 is 6.03 Å². The summed E-state index contributed by atoms with van der Waals surface area (Å²) in [7, 11) is -3.99. The first kappa shape index (κ1) is 22.7. The Balaban J connectivity index is 0.00000118. The standard InChI is InChI=1S/C10H12Cl2N2O4S2.CH4N2O/c1-19-6-2-5-13-20(17,18)10-7(11)3-4-8(9(10)12)14(15)16;2-1(3)4/h3-4,13H,2,5-6H2,1H3;(H4,2,3,4). The van der Waals surface area contributed by atoms with Crippen molar-refractivity contribution in [3.8, 4) is 0 Å². The highest BCUT2D eigenvalue weighted by molar-refractivity contribution is 7.98. The van der Waals surface area contributed by atoms with Gasteiger partial charge in [0.2, 0.25) is 10.0 Å². The molecule has 0 aliphatic rings. The number of nitrogens with two attached hydrogens (primary N) is 2. The molecule has 1 aromatic carbocycles. The van der Waals surface area contributed by atoms with Crippen molar-refractivity contribution < 1.29 is 18.1 Å². The molecular formula is C11H16Cl2N4O5S2. The second kappa shape index (κ2) is 10.6. The molecule has 0 spiro atoms. The van der Waals surface area contributed by atoms with E-state index in [1.807, 2.05) is 6.26 Å². The van der Waals surface area contributed by atoms with Crippen molar-refractivity contribution in [3.05, 3.63) is 32.3 Å². The number of nitrogens with zero attached hydrogens (tertiary/aromatic N) is 1. The molecule has 0 radical (unpaired) electrons. The molecule has 0 aromatic heterocycles. The molecule has 0 atom stereocenters. The molecule has 0 fully saturated rings. The van der Waals surface area contributed by atoms with Crippen LogP contribution in [0.2, 0.25) is 10.0 Å². The number of nitrogens with one attached hydrogen (secondary N) is 1. The number of rotatable bonds is 7. The summed E-state index contributed by atoms with van der Waals surface area (Å²) in [5.74, 6) is 0.791. The van der Waals surface area contributed by atoms with Crippen LogP contribution < -0.4 is 16.2 Å². The molecule has 13 heteroatoms. The Kier molecular flexibility index (Phi) is 10.0. The Morgan fingerprint density at radius 1 is 1.38 bits per heavy atom. The average Bonchev–Trinajstić information content (AvgIpc) is 2.42. The Morgan fingerprint density at radius 2 is 1.92 bits per heavy atom. The third-order valence-corrected chi connectivity index (χ3v) is 5.48. The zero-order chi connectivity index (χ0) is 18.9. The Bertz CT molecular complexity index is 696. The van der Waals surface area contributed by atoms with Gasteiger partial charge in [0.1, 0.15) is 9.92 Å².